The van der Waals surface area contributed by atoms with Gasteiger partial charge in [-0.3, -0.25) is 4.79 Å². The minimum atomic E-state index is -0.836. The summed E-state index contributed by atoms with van der Waals surface area (Å²) in [5.41, 5.74) is -0.00769. The number of halogens is 3. The molecule has 2 nitrogen and oxygen atoms in total. The van der Waals surface area contributed by atoms with Gasteiger partial charge in [-0.2, -0.15) is 0 Å². The molecule has 1 amide bonds. The molecule has 0 fully saturated rings. The summed E-state index contributed by atoms with van der Waals surface area (Å²) in [6.07, 6.45) is 0.733. The summed E-state index contributed by atoms with van der Waals surface area (Å²) in [5, 5.41) is 3.57. The van der Waals surface area contributed by atoms with Gasteiger partial charge in [-0.05, 0) is 30.4 Å². The molecule has 0 aromatic heterocycles. The van der Waals surface area contributed by atoms with Gasteiger partial charge in [0.25, 0.3) is 5.91 Å². The lowest BCUT2D eigenvalue weighted by Gasteiger charge is -2.31. The normalized spacial score (nSPS) is 13.2. The van der Waals surface area contributed by atoms with Crippen molar-refractivity contribution in [1.29, 1.82) is 0 Å². The predicted molar refractivity (Wildman–Crippen MR) is 80.2 cm³/mol. The molecule has 1 aromatic carbocycles. The quantitative estimate of drug-likeness (QED) is 0.812. The van der Waals surface area contributed by atoms with E-state index in [-0.39, 0.29) is 22.6 Å². The molecule has 1 unspecified atom stereocenters. The van der Waals surface area contributed by atoms with E-state index in [2.05, 4.69) is 21.2 Å². The molecule has 1 rings (SSSR count). The standard InChI is InChI=1S/C15H20BrF2NO/c1-9-7-10(12(18)8-11(9)17)14(20)19-13(5-6-16)15(2,3)4/h7-8,13H,5-6H2,1-4H3,(H,19,20). The van der Waals surface area contributed by atoms with Crippen LogP contribution in [0.25, 0.3) is 0 Å². The van der Waals surface area contributed by atoms with Gasteiger partial charge in [0.05, 0.1) is 5.56 Å². The van der Waals surface area contributed by atoms with E-state index in [4.69, 9.17) is 0 Å². The highest BCUT2D eigenvalue weighted by Crippen LogP contribution is 2.23. The minimum absolute atomic E-state index is 0.0980. The van der Waals surface area contributed by atoms with Crippen molar-refractivity contribution < 1.29 is 13.6 Å². The summed E-state index contributed by atoms with van der Waals surface area (Å²) in [7, 11) is 0. The maximum atomic E-state index is 13.7. The maximum absolute atomic E-state index is 13.7. The van der Waals surface area contributed by atoms with E-state index in [9.17, 15) is 13.6 Å². The lowest BCUT2D eigenvalue weighted by atomic mass is 9.85. The number of nitrogens with one attached hydrogen (secondary N) is 1. The van der Waals surface area contributed by atoms with E-state index >= 15 is 0 Å². The Morgan fingerprint density at radius 2 is 1.90 bits per heavy atom. The van der Waals surface area contributed by atoms with E-state index in [1.54, 1.807) is 0 Å². The Hall–Kier alpha value is -0.970. The third kappa shape index (κ3) is 4.27. The molecule has 20 heavy (non-hydrogen) atoms. The Morgan fingerprint density at radius 3 is 2.40 bits per heavy atom. The van der Waals surface area contributed by atoms with Crippen LogP contribution in [-0.2, 0) is 0 Å². The molecule has 0 aliphatic heterocycles. The van der Waals surface area contributed by atoms with Gasteiger partial charge in [-0.25, -0.2) is 8.78 Å². The fourth-order valence-electron chi connectivity index (χ4n) is 1.90. The molecular weight excluding hydrogens is 328 g/mol. The summed E-state index contributed by atoms with van der Waals surface area (Å²) in [5.74, 6) is -1.99. The van der Waals surface area contributed by atoms with Crippen LogP contribution in [0.2, 0.25) is 0 Å². The zero-order valence-corrected chi connectivity index (χ0v) is 13.8. The highest BCUT2D eigenvalue weighted by molar-refractivity contribution is 9.09. The van der Waals surface area contributed by atoms with Crippen LogP contribution in [0.1, 0.15) is 43.1 Å². The van der Waals surface area contributed by atoms with E-state index in [0.29, 0.717) is 0 Å². The third-order valence-corrected chi connectivity index (χ3v) is 3.70. The van der Waals surface area contributed by atoms with E-state index in [1.807, 2.05) is 20.8 Å². The largest absolute Gasteiger partial charge is 0.349 e. The van der Waals surface area contributed by atoms with Crippen molar-refractivity contribution in [1.82, 2.24) is 5.32 Å². The first-order chi connectivity index (χ1) is 9.16. The zero-order chi connectivity index (χ0) is 15.5. The van der Waals surface area contributed by atoms with Crippen LogP contribution in [0.4, 0.5) is 8.78 Å². The number of hydrogen-bond acceptors (Lipinski definition) is 1. The molecular formula is C15H20BrF2NO. The lowest BCUT2D eigenvalue weighted by molar-refractivity contribution is 0.0896. The van der Waals surface area contributed by atoms with E-state index in [1.165, 1.54) is 13.0 Å². The summed E-state index contributed by atoms with van der Waals surface area (Å²) < 4.78 is 26.9. The number of amides is 1. The Labute approximate surface area is 127 Å². The van der Waals surface area contributed by atoms with Gasteiger partial charge in [0.2, 0.25) is 0 Å². The fourth-order valence-corrected chi connectivity index (χ4v) is 2.36. The van der Waals surface area contributed by atoms with Gasteiger partial charge in [-0.15, -0.1) is 0 Å². The molecule has 1 atom stereocenters. The molecule has 112 valence electrons. The second-order valence-corrected chi connectivity index (χ2v) is 6.74. The highest BCUT2D eigenvalue weighted by atomic mass is 79.9. The first kappa shape index (κ1) is 17.1. The molecule has 0 aliphatic rings. The third-order valence-electron chi connectivity index (χ3n) is 3.24. The molecule has 1 aromatic rings. The van der Waals surface area contributed by atoms with Crippen molar-refractivity contribution in [2.24, 2.45) is 5.41 Å². The number of carbonyl (C=O) groups is 1. The van der Waals surface area contributed by atoms with Gasteiger partial charge in [0.1, 0.15) is 11.6 Å². The molecule has 0 radical (unpaired) electrons. The van der Waals surface area contributed by atoms with Crippen LogP contribution in [0.5, 0.6) is 0 Å². The van der Waals surface area contributed by atoms with Crippen LogP contribution in [0.15, 0.2) is 12.1 Å². The smallest absolute Gasteiger partial charge is 0.254 e. The lowest BCUT2D eigenvalue weighted by Crippen LogP contribution is -2.44. The fraction of sp³-hybridized carbons (Fsp3) is 0.533. The van der Waals surface area contributed by atoms with Gasteiger partial charge >= 0.3 is 0 Å². The number of alkyl halides is 1. The molecule has 0 aliphatic carbocycles. The second-order valence-electron chi connectivity index (χ2n) is 5.95. The number of benzene rings is 1. The average molecular weight is 348 g/mol. The number of carbonyl (C=O) groups excluding carboxylic acids is 1. The van der Waals surface area contributed by atoms with Gasteiger partial charge < -0.3 is 5.32 Å². The monoisotopic (exact) mass is 347 g/mol. The topological polar surface area (TPSA) is 29.1 Å². The minimum Gasteiger partial charge on any atom is -0.349 e. The van der Waals surface area contributed by atoms with E-state index < -0.39 is 17.5 Å². The SMILES string of the molecule is Cc1cc(C(=O)NC(CCBr)C(C)(C)C)c(F)cc1F. The first-order valence-corrected chi connectivity index (χ1v) is 7.61. The molecule has 1 N–H and O–H groups in total. The maximum Gasteiger partial charge on any atom is 0.254 e. The van der Waals surface area contributed by atoms with Crippen LogP contribution in [0.3, 0.4) is 0 Å². The predicted octanol–water partition coefficient (Wildman–Crippen LogP) is 4.20. The van der Waals surface area contributed by atoms with Crippen molar-refractivity contribution in [2.75, 3.05) is 5.33 Å². The highest BCUT2D eigenvalue weighted by Gasteiger charge is 2.27. The summed E-state index contributed by atoms with van der Waals surface area (Å²) in [6.45, 7) is 7.53. The molecule has 0 heterocycles. The van der Waals surface area contributed by atoms with Gasteiger partial charge in [0.15, 0.2) is 0 Å². The van der Waals surface area contributed by atoms with Crippen LogP contribution in [-0.4, -0.2) is 17.3 Å². The van der Waals surface area contributed by atoms with Crippen LogP contribution >= 0.6 is 15.9 Å². The van der Waals surface area contributed by atoms with Crippen molar-refractivity contribution in [3.05, 3.63) is 34.9 Å². The Kier molecular flexibility index (Phi) is 5.68. The van der Waals surface area contributed by atoms with Crippen LogP contribution in [0, 0.1) is 24.0 Å². The molecule has 0 saturated carbocycles. The number of aryl methyl sites for hydroxylation is 1. The van der Waals surface area contributed by atoms with Crippen molar-refractivity contribution in [2.45, 2.75) is 40.2 Å². The molecule has 0 saturated heterocycles. The van der Waals surface area contributed by atoms with Crippen molar-refractivity contribution in [3.63, 3.8) is 0 Å². The Morgan fingerprint density at radius 1 is 1.30 bits per heavy atom. The second kappa shape index (κ2) is 6.66. The number of hydrogen-bond donors (Lipinski definition) is 1. The van der Waals surface area contributed by atoms with E-state index in [0.717, 1.165) is 17.8 Å². The first-order valence-electron chi connectivity index (χ1n) is 6.49. The van der Waals surface area contributed by atoms with Gasteiger partial charge in [-0.1, -0.05) is 36.7 Å². The Balaban J connectivity index is 2.98. The molecule has 0 spiro atoms. The zero-order valence-electron chi connectivity index (χ0n) is 12.2. The summed E-state index contributed by atoms with van der Waals surface area (Å²) >= 11 is 3.35. The number of rotatable bonds is 4. The molecule has 5 heteroatoms. The van der Waals surface area contributed by atoms with Gasteiger partial charge in [0, 0.05) is 17.4 Å². The van der Waals surface area contributed by atoms with Crippen molar-refractivity contribution >= 4 is 21.8 Å². The molecule has 0 bridgehead atoms. The summed E-state index contributed by atoms with van der Waals surface area (Å²) in [4.78, 5) is 12.2. The van der Waals surface area contributed by atoms with Crippen molar-refractivity contribution in [3.8, 4) is 0 Å². The Bertz CT molecular complexity index is 497. The average Bonchev–Trinajstić information content (AvgIpc) is 2.32. The van der Waals surface area contributed by atoms with Crippen LogP contribution < -0.4 is 5.32 Å². The summed E-state index contributed by atoms with van der Waals surface area (Å²) in [6, 6.07) is 1.90.